The summed E-state index contributed by atoms with van der Waals surface area (Å²) < 4.78 is 47.3. The average Bonchev–Trinajstić information content (AvgIpc) is 3.02. The third-order valence-electron chi connectivity index (χ3n) is 5.10. The summed E-state index contributed by atoms with van der Waals surface area (Å²) in [5.74, 6) is 0. The van der Waals surface area contributed by atoms with Gasteiger partial charge >= 0.3 is 5.69 Å². The Morgan fingerprint density at radius 3 is 2.29 bits per heavy atom. The largest absolute Gasteiger partial charge is 0.756 e. The lowest BCUT2D eigenvalue weighted by molar-refractivity contribution is -0.299. The quantitative estimate of drug-likeness (QED) is 0.166. The van der Waals surface area contributed by atoms with E-state index in [9.17, 15) is 54.0 Å². The topological polar surface area (TPSA) is 282 Å². The lowest BCUT2D eigenvalue weighted by Crippen LogP contribution is -2.57. The molecule has 0 radical (unpaired) electrons. The van der Waals surface area contributed by atoms with Crippen molar-refractivity contribution in [2.75, 3.05) is 6.61 Å². The zero-order valence-electron chi connectivity index (χ0n) is 17.6. The minimum absolute atomic E-state index is 0.712. The third-order valence-corrected chi connectivity index (χ3v) is 7.63. The minimum atomic E-state index is -5.81. The number of nitrogens with one attached hydrogen (secondary N) is 1. The molecule has 18 nitrogen and oxygen atoms in total. The first-order valence-corrected chi connectivity index (χ1v) is 12.7. The fourth-order valence-corrected chi connectivity index (χ4v) is 5.36. The number of ether oxygens (including phenoxy) is 2. The van der Waals surface area contributed by atoms with Gasteiger partial charge in [0.25, 0.3) is 21.2 Å². The Kier molecular flexibility index (Phi) is 8.52. The molecule has 0 saturated carbocycles. The van der Waals surface area contributed by atoms with Crippen LogP contribution in [0.5, 0.6) is 0 Å². The molecule has 1 aromatic heterocycles. The third kappa shape index (κ3) is 6.51. The van der Waals surface area contributed by atoms with Crippen LogP contribution in [0.15, 0.2) is 21.9 Å². The summed E-state index contributed by atoms with van der Waals surface area (Å²) >= 11 is 0. The van der Waals surface area contributed by atoms with Crippen LogP contribution < -0.4 is 21.0 Å². The molecule has 0 amide bonds. The summed E-state index contributed by atoms with van der Waals surface area (Å²) in [6.07, 6.45) is -14.7. The molecular formula is C15H22N2O16P2-2. The lowest BCUT2D eigenvalue weighted by Gasteiger charge is -2.41. The second-order valence-electron chi connectivity index (χ2n) is 7.62. The molecule has 20 heteroatoms. The van der Waals surface area contributed by atoms with Crippen molar-refractivity contribution in [2.45, 2.75) is 62.2 Å². The number of hydrogen-bond acceptors (Lipinski definition) is 16. The molecule has 3 heterocycles. The Hall–Kier alpha value is -1.34. The van der Waals surface area contributed by atoms with Crippen LogP contribution in [0.1, 0.15) is 13.2 Å². The van der Waals surface area contributed by atoms with Crippen LogP contribution in [0.3, 0.4) is 0 Å². The van der Waals surface area contributed by atoms with Gasteiger partial charge in [0, 0.05) is 12.3 Å². The standard InChI is InChI=1S/C15H24N2O16P2/c1-5-8(19)10(21)12(23)14(30-5)32-35(27,28)33-34(25,26)29-4-6-9(20)11(22)13(31-6)17-3-2-7(18)16-15(17)24/h2-3,5-6,8-14,19-23H,4H2,1H3,(H,25,26)(H,27,28)(H,16,18,24)/p-2/t5-,6-,8+,9+,10+,11?,12-,13-,14?/m1/s1. The van der Waals surface area contributed by atoms with Crippen molar-refractivity contribution in [3.63, 3.8) is 0 Å². The van der Waals surface area contributed by atoms with E-state index in [0.29, 0.717) is 4.57 Å². The van der Waals surface area contributed by atoms with Gasteiger partial charge in [-0.3, -0.25) is 28.0 Å². The molecule has 0 aromatic carbocycles. The number of aromatic nitrogens is 2. The Balaban J connectivity index is 1.61. The van der Waals surface area contributed by atoms with Gasteiger partial charge in [-0.1, -0.05) is 0 Å². The summed E-state index contributed by atoms with van der Waals surface area (Å²) in [4.78, 5) is 48.9. The van der Waals surface area contributed by atoms with Crippen molar-refractivity contribution in [2.24, 2.45) is 0 Å². The molecule has 3 rings (SSSR count). The number of aliphatic hydroxyl groups excluding tert-OH is 5. The van der Waals surface area contributed by atoms with Gasteiger partial charge in [0.05, 0.1) is 12.7 Å². The second kappa shape index (κ2) is 10.6. The van der Waals surface area contributed by atoms with E-state index < -0.39 is 88.7 Å². The van der Waals surface area contributed by atoms with Crippen LogP contribution in [0.4, 0.5) is 0 Å². The summed E-state index contributed by atoms with van der Waals surface area (Å²) in [6, 6.07) is 0.923. The van der Waals surface area contributed by atoms with E-state index in [0.717, 1.165) is 12.3 Å². The van der Waals surface area contributed by atoms with Crippen molar-refractivity contribution in [1.29, 1.82) is 0 Å². The molecule has 35 heavy (non-hydrogen) atoms. The molecule has 200 valence electrons. The SMILES string of the molecule is C[C@H]1OC(OP(=O)([O-])OP(=O)([O-])OC[C@H]2O[C@@H](n3ccc(=O)[nH]c3=O)C(O)[C@H]2O)[C@H](O)[C@@H](O)[C@H]1O. The molecule has 11 atom stereocenters. The van der Waals surface area contributed by atoms with Gasteiger partial charge in [-0.15, -0.1) is 0 Å². The van der Waals surface area contributed by atoms with E-state index in [2.05, 4.69) is 13.4 Å². The maximum atomic E-state index is 12.0. The van der Waals surface area contributed by atoms with Crippen LogP contribution in [0.2, 0.25) is 0 Å². The molecule has 0 aliphatic carbocycles. The molecule has 0 bridgehead atoms. The number of phosphoric acid groups is 2. The van der Waals surface area contributed by atoms with Gasteiger partial charge in [-0.25, -0.2) is 9.11 Å². The van der Waals surface area contributed by atoms with Gasteiger partial charge in [-0.2, -0.15) is 0 Å². The molecule has 2 aliphatic rings. The van der Waals surface area contributed by atoms with Crippen LogP contribution in [-0.2, 0) is 32.0 Å². The summed E-state index contributed by atoms with van der Waals surface area (Å²) in [5, 5.41) is 49.2. The Morgan fingerprint density at radius 1 is 1.00 bits per heavy atom. The zero-order chi connectivity index (χ0) is 26.3. The van der Waals surface area contributed by atoms with E-state index in [4.69, 9.17) is 9.47 Å². The fourth-order valence-electron chi connectivity index (χ4n) is 3.28. The molecule has 6 N–H and O–H groups in total. The van der Waals surface area contributed by atoms with Gasteiger partial charge in [0.1, 0.15) is 36.6 Å². The van der Waals surface area contributed by atoms with Crippen molar-refractivity contribution in [3.05, 3.63) is 33.1 Å². The lowest BCUT2D eigenvalue weighted by atomic mass is 10.0. The van der Waals surface area contributed by atoms with Crippen LogP contribution in [0.25, 0.3) is 0 Å². The van der Waals surface area contributed by atoms with Crippen LogP contribution in [-0.4, -0.2) is 90.7 Å². The number of hydrogen-bond donors (Lipinski definition) is 6. The highest BCUT2D eigenvalue weighted by Crippen LogP contribution is 2.57. The second-order valence-corrected chi connectivity index (χ2v) is 10.5. The molecule has 1 aromatic rings. The molecule has 2 aliphatic heterocycles. The van der Waals surface area contributed by atoms with Crippen molar-refractivity contribution >= 4 is 15.6 Å². The number of rotatable bonds is 8. The van der Waals surface area contributed by atoms with E-state index in [-0.39, 0.29) is 0 Å². The molecule has 2 fully saturated rings. The van der Waals surface area contributed by atoms with Crippen molar-refractivity contribution in [1.82, 2.24) is 9.55 Å². The van der Waals surface area contributed by atoms with Crippen LogP contribution in [0, 0.1) is 0 Å². The van der Waals surface area contributed by atoms with E-state index in [1.165, 1.54) is 6.92 Å². The van der Waals surface area contributed by atoms with Crippen molar-refractivity contribution < 1.29 is 67.3 Å². The van der Waals surface area contributed by atoms with Gasteiger partial charge in [0.2, 0.25) is 0 Å². The number of nitrogens with zero attached hydrogens (tertiary/aromatic N) is 1. The highest BCUT2D eigenvalue weighted by molar-refractivity contribution is 7.59. The first-order valence-electron chi connectivity index (χ1n) is 9.81. The van der Waals surface area contributed by atoms with Gasteiger partial charge in [-0.05, 0) is 6.92 Å². The first kappa shape index (κ1) is 28.2. The monoisotopic (exact) mass is 548 g/mol. The highest BCUT2D eigenvalue weighted by atomic mass is 31.3. The number of H-pyrrole nitrogens is 1. The summed E-state index contributed by atoms with van der Waals surface area (Å²) in [6.45, 7) is 0.127. The Bertz CT molecular complexity index is 1110. The fraction of sp³-hybridized carbons (Fsp3) is 0.733. The molecule has 0 spiro atoms. The maximum absolute atomic E-state index is 12.0. The number of phosphoric ester groups is 2. The van der Waals surface area contributed by atoms with E-state index >= 15 is 0 Å². The summed E-state index contributed by atoms with van der Waals surface area (Å²) in [5.41, 5.74) is -1.75. The minimum Gasteiger partial charge on any atom is -0.756 e. The average molecular weight is 548 g/mol. The zero-order valence-corrected chi connectivity index (χ0v) is 19.4. The van der Waals surface area contributed by atoms with E-state index in [1.54, 1.807) is 0 Å². The predicted molar refractivity (Wildman–Crippen MR) is 103 cm³/mol. The molecule has 2 saturated heterocycles. The van der Waals surface area contributed by atoms with Gasteiger partial charge < -0.3 is 49.3 Å². The van der Waals surface area contributed by atoms with Crippen molar-refractivity contribution in [3.8, 4) is 0 Å². The molecule has 4 unspecified atom stereocenters. The highest BCUT2D eigenvalue weighted by Gasteiger charge is 2.46. The molecular weight excluding hydrogens is 526 g/mol. The predicted octanol–water partition coefficient (Wildman–Crippen LogP) is -5.03. The maximum Gasteiger partial charge on any atom is 0.330 e. The smallest absolute Gasteiger partial charge is 0.330 e. The van der Waals surface area contributed by atoms with Crippen LogP contribution >= 0.6 is 15.6 Å². The normalized spacial score (nSPS) is 39.1. The Labute approximate surface area is 195 Å². The summed E-state index contributed by atoms with van der Waals surface area (Å²) in [7, 11) is -11.6. The Morgan fingerprint density at radius 2 is 1.66 bits per heavy atom. The number of aromatic amines is 1. The first-order chi connectivity index (χ1) is 16.1. The van der Waals surface area contributed by atoms with Gasteiger partial charge in [0.15, 0.2) is 12.5 Å². The van der Waals surface area contributed by atoms with E-state index in [1.807, 2.05) is 4.98 Å². The number of aliphatic hydroxyl groups is 5.